The molecule has 2 saturated heterocycles. The van der Waals surface area contributed by atoms with Crippen LogP contribution in [-0.2, 0) is 4.74 Å². The summed E-state index contributed by atoms with van der Waals surface area (Å²) in [5.74, 6) is -0.218. The summed E-state index contributed by atoms with van der Waals surface area (Å²) in [5, 5.41) is 0. The van der Waals surface area contributed by atoms with Gasteiger partial charge in [-0.1, -0.05) is 6.07 Å². The van der Waals surface area contributed by atoms with Crippen molar-refractivity contribution in [2.75, 3.05) is 32.7 Å². The molecule has 5 rings (SSSR count). The lowest BCUT2D eigenvalue weighted by atomic mass is 9.83. The lowest BCUT2D eigenvalue weighted by molar-refractivity contribution is 0.00696. The van der Waals surface area contributed by atoms with Crippen LogP contribution in [0.25, 0.3) is 16.6 Å². The highest BCUT2D eigenvalue weighted by Crippen LogP contribution is 2.38. The average molecular weight is 624 g/mol. The maximum Gasteiger partial charge on any atom is 0.410 e. The number of pyridine rings is 1. The van der Waals surface area contributed by atoms with Crippen LogP contribution in [0.2, 0.25) is 0 Å². The van der Waals surface area contributed by atoms with E-state index in [-0.39, 0.29) is 35.0 Å². The molecule has 1 aromatic carbocycles. The highest BCUT2D eigenvalue weighted by molar-refractivity contribution is 6.03. The van der Waals surface area contributed by atoms with Gasteiger partial charge in [-0.2, -0.15) is 4.39 Å². The number of amides is 2. The third-order valence-corrected chi connectivity index (χ3v) is 9.45. The summed E-state index contributed by atoms with van der Waals surface area (Å²) in [6.07, 6.45) is 3.57. The molecule has 244 valence electrons. The smallest absolute Gasteiger partial charge is 0.410 e. The van der Waals surface area contributed by atoms with Crippen LogP contribution in [0.5, 0.6) is 0 Å². The van der Waals surface area contributed by atoms with Crippen LogP contribution in [0.3, 0.4) is 0 Å². The number of aryl methyl sites for hydroxylation is 1. The first-order valence-corrected chi connectivity index (χ1v) is 16.2. The first-order chi connectivity index (χ1) is 21.2. The van der Waals surface area contributed by atoms with Crippen LogP contribution in [-0.4, -0.2) is 86.5 Å². The van der Waals surface area contributed by atoms with Crippen molar-refractivity contribution in [2.24, 2.45) is 5.92 Å². The highest BCUT2D eigenvalue weighted by atomic mass is 19.1. The molecule has 2 amide bonds. The van der Waals surface area contributed by atoms with Gasteiger partial charge in [0.15, 0.2) is 0 Å². The number of carbonyl (C=O) groups is 2. The topological polar surface area (TPSA) is 70.4 Å². The number of aromatic nitrogens is 2. The minimum Gasteiger partial charge on any atom is -0.444 e. The van der Waals surface area contributed by atoms with Crippen LogP contribution in [0.4, 0.5) is 13.6 Å². The number of halogens is 2. The summed E-state index contributed by atoms with van der Waals surface area (Å²) in [6.45, 7) is 19.0. The normalized spacial score (nSPS) is 17.5. The van der Waals surface area contributed by atoms with Gasteiger partial charge >= 0.3 is 6.09 Å². The van der Waals surface area contributed by atoms with Gasteiger partial charge in [-0.25, -0.2) is 14.2 Å². The maximum absolute atomic E-state index is 15.3. The second-order valence-electron chi connectivity index (χ2n) is 13.9. The Kier molecular flexibility index (Phi) is 9.27. The zero-order valence-corrected chi connectivity index (χ0v) is 27.9. The van der Waals surface area contributed by atoms with E-state index in [1.165, 1.54) is 12.1 Å². The molecular formula is C35H47F2N5O3. The molecule has 0 aliphatic carbocycles. The van der Waals surface area contributed by atoms with Gasteiger partial charge in [-0.3, -0.25) is 9.69 Å². The van der Waals surface area contributed by atoms with Crippen molar-refractivity contribution in [3.8, 4) is 11.1 Å². The molecule has 45 heavy (non-hydrogen) atoms. The molecule has 1 atom stereocenters. The van der Waals surface area contributed by atoms with E-state index < -0.39 is 17.4 Å². The van der Waals surface area contributed by atoms with Gasteiger partial charge < -0.3 is 18.9 Å². The Bertz CT molecular complexity index is 1570. The van der Waals surface area contributed by atoms with Crippen molar-refractivity contribution in [1.82, 2.24) is 24.1 Å². The number of likely N-dealkylation sites (tertiary alicyclic amines) is 2. The monoisotopic (exact) mass is 623 g/mol. The van der Waals surface area contributed by atoms with Crippen LogP contribution in [0, 0.1) is 24.6 Å². The van der Waals surface area contributed by atoms with Crippen molar-refractivity contribution in [1.29, 1.82) is 0 Å². The minimum absolute atomic E-state index is 0.0774. The molecule has 0 unspecified atom stereocenters. The number of ether oxygens (including phenoxy) is 1. The number of benzene rings is 1. The van der Waals surface area contributed by atoms with Crippen LogP contribution >= 0.6 is 0 Å². The van der Waals surface area contributed by atoms with E-state index in [0.29, 0.717) is 48.5 Å². The second kappa shape index (κ2) is 12.7. The van der Waals surface area contributed by atoms with E-state index >= 15 is 4.39 Å². The fourth-order valence-corrected chi connectivity index (χ4v) is 6.83. The van der Waals surface area contributed by atoms with E-state index in [9.17, 15) is 14.0 Å². The summed E-state index contributed by atoms with van der Waals surface area (Å²) in [7, 11) is 0. The van der Waals surface area contributed by atoms with Crippen molar-refractivity contribution in [3.05, 3.63) is 59.2 Å². The van der Waals surface area contributed by atoms with E-state index in [2.05, 4.69) is 16.8 Å². The molecule has 2 aromatic heterocycles. The number of carbonyl (C=O) groups excluding carboxylic acids is 2. The molecular weight excluding hydrogens is 576 g/mol. The number of nitrogens with zero attached hydrogens (tertiary/aromatic N) is 5. The van der Waals surface area contributed by atoms with Gasteiger partial charge in [0.05, 0.1) is 5.56 Å². The fraction of sp³-hybridized carbons (Fsp3) is 0.571. The predicted molar refractivity (Wildman–Crippen MR) is 171 cm³/mol. The first-order valence-electron chi connectivity index (χ1n) is 16.2. The predicted octanol–water partition coefficient (Wildman–Crippen LogP) is 6.89. The summed E-state index contributed by atoms with van der Waals surface area (Å²) >= 11 is 0. The zero-order valence-electron chi connectivity index (χ0n) is 27.9. The Balaban J connectivity index is 1.37. The molecule has 3 aromatic rings. The largest absolute Gasteiger partial charge is 0.444 e. The van der Waals surface area contributed by atoms with E-state index in [0.717, 1.165) is 31.5 Å². The average Bonchev–Trinajstić information content (AvgIpc) is 3.24. The number of rotatable bonds is 7. The lowest BCUT2D eigenvalue weighted by Gasteiger charge is -2.47. The van der Waals surface area contributed by atoms with Crippen molar-refractivity contribution < 1.29 is 23.1 Å². The number of hydrogen-bond acceptors (Lipinski definition) is 5. The summed E-state index contributed by atoms with van der Waals surface area (Å²) in [4.78, 5) is 36.3. The molecule has 0 N–H and O–H groups in total. The number of fused-ring (bicyclic) bond motifs is 1. The van der Waals surface area contributed by atoms with Gasteiger partial charge in [0.2, 0.25) is 5.95 Å². The van der Waals surface area contributed by atoms with Crippen molar-refractivity contribution in [2.45, 2.75) is 91.8 Å². The minimum atomic E-state index is -0.616. The molecule has 0 radical (unpaired) electrons. The molecule has 0 saturated carbocycles. The van der Waals surface area contributed by atoms with Crippen molar-refractivity contribution in [3.63, 3.8) is 0 Å². The quantitative estimate of drug-likeness (QED) is 0.287. The first kappa shape index (κ1) is 32.9. The second-order valence-corrected chi connectivity index (χ2v) is 13.9. The maximum atomic E-state index is 15.3. The Morgan fingerprint density at radius 3 is 2.33 bits per heavy atom. The molecule has 2 fully saturated rings. The van der Waals surface area contributed by atoms with Gasteiger partial charge in [-0.15, -0.1) is 0 Å². The lowest BCUT2D eigenvalue weighted by Crippen LogP contribution is -2.54. The SMILES string of the molecule is CCN(C(=O)c1cc(F)ccc1-c1cc(C2CN([C@@H](C)C3CCN(C(=O)OC(C)(C)C)CC3)C2)cn2c(C)nc(F)c12)C(C)C. The zero-order chi connectivity index (χ0) is 32.8. The standard InChI is InChI=1S/C35H47F2N5O3/c1-9-41(21(2)3)33(43)30-17-27(36)10-11-28(30)29-16-25(20-42-23(5)38-32(37)31(29)42)26-18-40(19-26)22(4)24-12-14-39(15-13-24)34(44)45-35(6,7)8/h10-11,16-17,20-22,24,26H,9,12-15,18-19H2,1-8H3/t22-/m0/s1. The third-order valence-electron chi connectivity index (χ3n) is 9.45. The van der Waals surface area contributed by atoms with E-state index in [1.54, 1.807) is 22.3 Å². The highest BCUT2D eigenvalue weighted by Gasteiger charge is 2.38. The fourth-order valence-electron chi connectivity index (χ4n) is 6.83. The molecule has 2 aliphatic rings. The van der Waals surface area contributed by atoms with Gasteiger partial charge in [0, 0.05) is 62.5 Å². The molecule has 10 heteroatoms. The summed E-state index contributed by atoms with van der Waals surface area (Å²) in [6, 6.07) is 6.40. The summed E-state index contributed by atoms with van der Waals surface area (Å²) in [5.41, 5.74) is 2.05. The van der Waals surface area contributed by atoms with E-state index in [1.807, 2.05) is 58.7 Å². The number of piperidine rings is 1. The van der Waals surface area contributed by atoms with Gasteiger partial charge in [-0.05, 0) is 103 Å². The Hall–Kier alpha value is -3.53. The third kappa shape index (κ3) is 6.71. The van der Waals surface area contributed by atoms with Gasteiger partial charge in [0.25, 0.3) is 5.91 Å². The number of hydrogen-bond donors (Lipinski definition) is 0. The van der Waals surface area contributed by atoms with E-state index in [4.69, 9.17) is 4.74 Å². The number of imidazole rings is 1. The Morgan fingerprint density at radius 1 is 1.07 bits per heavy atom. The molecule has 2 aliphatic heterocycles. The summed E-state index contributed by atoms with van der Waals surface area (Å²) < 4.78 is 37.2. The van der Waals surface area contributed by atoms with Crippen LogP contribution < -0.4 is 0 Å². The Labute approximate surface area is 265 Å². The molecule has 0 spiro atoms. The van der Waals surface area contributed by atoms with Crippen molar-refractivity contribution >= 4 is 17.5 Å². The van der Waals surface area contributed by atoms with Crippen LogP contribution in [0.15, 0.2) is 30.5 Å². The van der Waals surface area contributed by atoms with Crippen LogP contribution in [0.1, 0.15) is 89.0 Å². The molecule has 4 heterocycles. The van der Waals surface area contributed by atoms with Gasteiger partial charge in [0.1, 0.15) is 22.8 Å². The molecule has 8 nitrogen and oxygen atoms in total. The Morgan fingerprint density at radius 2 is 1.73 bits per heavy atom. The molecule has 0 bridgehead atoms.